The maximum absolute atomic E-state index is 12.8. The molecule has 120 valence electrons. The van der Waals surface area contributed by atoms with Crippen LogP contribution in [0.1, 0.15) is 23.1 Å². The molecular weight excluding hydrogens is 305 g/mol. The predicted octanol–water partition coefficient (Wildman–Crippen LogP) is 3.77. The van der Waals surface area contributed by atoms with Crippen molar-refractivity contribution in [3.8, 4) is 0 Å². The minimum absolute atomic E-state index is 0.0975. The van der Waals surface area contributed by atoms with E-state index in [9.17, 15) is 18.0 Å². The predicted molar refractivity (Wildman–Crippen MR) is 81.8 cm³/mol. The van der Waals surface area contributed by atoms with Gasteiger partial charge in [-0.05, 0) is 47.9 Å². The maximum Gasteiger partial charge on any atom is 0.416 e. The number of benzene rings is 2. The Balaban J connectivity index is 1.93. The van der Waals surface area contributed by atoms with Crippen molar-refractivity contribution >= 4 is 17.3 Å². The van der Waals surface area contributed by atoms with E-state index in [1.165, 1.54) is 11.0 Å². The average molecular weight is 320 g/mol. The van der Waals surface area contributed by atoms with Crippen LogP contribution in [0.15, 0.2) is 42.5 Å². The second-order valence-corrected chi connectivity index (χ2v) is 5.57. The number of carbonyl (C=O) groups is 1. The van der Waals surface area contributed by atoms with Crippen LogP contribution in [-0.2, 0) is 23.9 Å². The third kappa shape index (κ3) is 3.16. The number of carbonyl (C=O) groups excluding carboxylic acids is 1. The van der Waals surface area contributed by atoms with E-state index in [1.54, 1.807) is 24.3 Å². The van der Waals surface area contributed by atoms with Gasteiger partial charge in [-0.15, -0.1) is 0 Å². The van der Waals surface area contributed by atoms with Crippen molar-refractivity contribution in [2.45, 2.75) is 25.6 Å². The molecule has 0 aromatic heterocycles. The smallest absolute Gasteiger partial charge is 0.399 e. The zero-order valence-corrected chi connectivity index (χ0v) is 12.2. The van der Waals surface area contributed by atoms with E-state index >= 15 is 0 Å². The lowest BCUT2D eigenvalue weighted by atomic mass is 9.99. The molecule has 0 unspecified atom stereocenters. The van der Waals surface area contributed by atoms with Gasteiger partial charge in [-0.2, -0.15) is 13.2 Å². The number of hydrogen-bond acceptors (Lipinski definition) is 2. The summed E-state index contributed by atoms with van der Waals surface area (Å²) in [6.07, 6.45) is -3.47. The number of nitrogen functional groups attached to an aromatic ring is 1. The lowest BCUT2D eigenvalue weighted by molar-refractivity contribution is -0.137. The molecule has 2 aromatic rings. The average Bonchev–Trinajstić information content (AvgIpc) is 2.49. The minimum atomic E-state index is -4.39. The van der Waals surface area contributed by atoms with Crippen molar-refractivity contribution in [1.29, 1.82) is 0 Å². The summed E-state index contributed by atoms with van der Waals surface area (Å²) in [5.41, 5.74) is 7.75. The van der Waals surface area contributed by atoms with Crippen molar-refractivity contribution < 1.29 is 18.0 Å². The quantitative estimate of drug-likeness (QED) is 0.856. The fraction of sp³-hybridized carbons (Fsp3) is 0.235. The Morgan fingerprint density at radius 3 is 2.61 bits per heavy atom. The molecular formula is C17H15F3N2O. The number of anilines is 2. The number of halogens is 3. The molecule has 0 atom stereocenters. The number of rotatable bonds is 2. The highest BCUT2D eigenvalue weighted by molar-refractivity contribution is 5.96. The van der Waals surface area contributed by atoms with Crippen molar-refractivity contribution in [3.05, 3.63) is 59.2 Å². The molecule has 1 heterocycles. The van der Waals surface area contributed by atoms with Crippen molar-refractivity contribution in [2.75, 3.05) is 10.6 Å². The van der Waals surface area contributed by atoms with E-state index in [1.807, 2.05) is 0 Å². The summed E-state index contributed by atoms with van der Waals surface area (Å²) in [7, 11) is 0. The number of nitrogens with two attached hydrogens (primary N) is 1. The highest BCUT2D eigenvalue weighted by Crippen LogP contribution is 2.33. The van der Waals surface area contributed by atoms with Crippen LogP contribution in [0.25, 0.3) is 0 Å². The minimum Gasteiger partial charge on any atom is -0.399 e. The lowest BCUT2D eigenvalue weighted by Gasteiger charge is -2.30. The Bertz CT molecular complexity index is 756. The van der Waals surface area contributed by atoms with E-state index in [4.69, 9.17) is 5.73 Å². The van der Waals surface area contributed by atoms with Crippen LogP contribution in [0, 0.1) is 0 Å². The highest BCUT2D eigenvalue weighted by atomic mass is 19.4. The van der Waals surface area contributed by atoms with Crippen molar-refractivity contribution in [2.24, 2.45) is 0 Å². The zero-order chi connectivity index (χ0) is 16.6. The van der Waals surface area contributed by atoms with Crippen molar-refractivity contribution in [1.82, 2.24) is 0 Å². The monoisotopic (exact) mass is 320 g/mol. The number of hydrogen-bond donors (Lipinski definition) is 1. The van der Waals surface area contributed by atoms with Gasteiger partial charge in [-0.25, -0.2) is 0 Å². The van der Waals surface area contributed by atoms with Gasteiger partial charge in [0.2, 0.25) is 5.91 Å². The van der Waals surface area contributed by atoms with E-state index in [0.717, 1.165) is 17.7 Å². The number of fused-ring (bicyclic) bond motifs is 1. The second kappa shape index (κ2) is 5.61. The number of nitrogens with zero attached hydrogens (tertiary/aromatic N) is 1. The number of amides is 1. The zero-order valence-electron chi connectivity index (χ0n) is 12.2. The molecule has 0 bridgehead atoms. The van der Waals surface area contributed by atoms with Crippen LogP contribution in [0.4, 0.5) is 24.5 Å². The molecule has 0 saturated carbocycles. The summed E-state index contributed by atoms with van der Waals surface area (Å²) in [5.74, 6) is -0.0975. The Morgan fingerprint density at radius 1 is 1.09 bits per heavy atom. The lowest BCUT2D eigenvalue weighted by Crippen LogP contribution is -2.34. The topological polar surface area (TPSA) is 46.3 Å². The normalized spacial score (nSPS) is 14.7. The van der Waals surface area contributed by atoms with Gasteiger partial charge in [0.1, 0.15) is 0 Å². The van der Waals surface area contributed by atoms with E-state index in [-0.39, 0.29) is 12.5 Å². The summed E-state index contributed by atoms with van der Waals surface area (Å²) in [4.78, 5) is 13.7. The summed E-state index contributed by atoms with van der Waals surface area (Å²) < 4.78 is 38.4. The van der Waals surface area contributed by atoms with Gasteiger partial charge in [-0.1, -0.05) is 12.1 Å². The number of aryl methyl sites for hydroxylation is 1. The first kappa shape index (κ1) is 15.4. The van der Waals surface area contributed by atoms with E-state index in [0.29, 0.717) is 29.8 Å². The molecule has 2 aromatic carbocycles. The van der Waals surface area contributed by atoms with Crippen LogP contribution < -0.4 is 10.6 Å². The van der Waals surface area contributed by atoms with Gasteiger partial charge in [0.05, 0.1) is 12.1 Å². The standard InChI is InChI=1S/C17H15F3N2O/c18-17(19,20)13-3-1-2-11(8-13)10-22-15-6-5-14(21)9-12(15)4-7-16(22)23/h1-3,5-6,8-9H,4,7,10,21H2. The highest BCUT2D eigenvalue weighted by Gasteiger charge is 2.31. The van der Waals surface area contributed by atoms with Crippen LogP contribution in [0.5, 0.6) is 0 Å². The Kier molecular flexibility index (Phi) is 3.75. The molecule has 0 fully saturated rings. The van der Waals surface area contributed by atoms with Gasteiger partial charge in [0.15, 0.2) is 0 Å². The molecule has 23 heavy (non-hydrogen) atoms. The van der Waals surface area contributed by atoms with Crippen LogP contribution >= 0.6 is 0 Å². The first-order valence-electron chi connectivity index (χ1n) is 7.19. The van der Waals surface area contributed by atoms with Gasteiger partial charge in [-0.3, -0.25) is 4.79 Å². The van der Waals surface area contributed by atoms with E-state index < -0.39 is 11.7 Å². The van der Waals surface area contributed by atoms with Crippen LogP contribution in [-0.4, -0.2) is 5.91 Å². The molecule has 3 rings (SSSR count). The Hall–Kier alpha value is -2.50. The summed E-state index contributed by atoms with van der Waals surface area (Å²) in [5, 5.41) is 0. The Labute approximate surface area is 131 Å². The molecule has 1 aliphatic heterocycles. The molecule has 0 spiro atoms. The maximum atomic E-state index is 12.8. The first-order valence-corrected chi connectivity index (χ1v) is 7.19. The van der Waals surface area contributed by atoms with Crippen LogP contribution in [0.3, 0.4) is 0 Å². The first-order chi connectivity index (χ1) is 10.8. The number of alkyl halides is 3. The van der Waals surface area contributed by atoms with Gasteiger partial charge in [0, 0.05) is 17.8 Å². The molecule has 3 nitrogen and oxygen atoms in total. The second-order valence-electron chi connectivity index (χ2n) is 5.57. The largest absolute Gasteiger partial charge is 0.416 e. The SMILES string of the molecule is Nc1ccc2c(c1)CCC(=O)N2Cc1cccc(C(F)(F)F)c1. The summed E-state index contributed by atoms with van der Waals surface area (Å²) in [6, 6.07) is 10.3. The molecule has 2 N–H and O–H groups in total. The van der Waals surface area contributed by atoms with E-state index in [2.05, 4.69) is 0 Å². The van der Waals surface area contributed by atoms with Gasteiger partial charge >= 0.3 is 6.18 Å². The Morgan fingerprint density at radius 2 is 1.87 bits per heavy atom. The molecule has 1 aliphatic rings. The third-order valence-corrected chi connectivity index (χ3v) is 3.90. The molecule has 6 heteroatoms. The fourth-order valence-electron chi connectivity index (χ4n) is 2.78. The summed E-state index contributed by atoms with van der Waals surface area (Å²) >= 11 is 0. The molecule has 1 amide bonds. The van der Waals surface area contributed by atoms with Gasteiger partial charge in [0.25, 0.3) is 0 Å². The van der Waals surface area contributed by atoms with Crippen molar-refractivity contribution in [3.63, 3.8) is 0 Å². The third-order valence-electron chi connectivity index (χ3n) is 3.90. The molecule has 0 radical (unpaired) electrons. The van der Waals surface area contributed by atoms with Gasteiger partial charge < -0.3 is 10.6 Å². The molecule has 0 aliphatic carbocycles. The molecule has 0 saturated heterocycles. The summed E-state index contributed by atoms with van der Waals surface area (Å²) in [6.45, 7) is 0.111. The van der Waals surface area contributed by atoms with Crippen LogP contribution in [0.2, 0.25) is 0 Å². The fourth-order valence-corrected chi connectivity index (χ4v) is 2.78.